The minimum atomic E-state index is -0.872. The zero-order chi connectivity index (χ0) is 21.0. The maximum absolute atomic E-state index is 13.7. The van der Waals surface area contributed by atoms with Crippen molar-refractivity contribution < 1.29 is 13.6 Å². The van der Waals surface area contributed by atoms with Gasteiger partial charge in [-0.25, -0.2) is 13.8 Å². The summed E-state index contributed by atoms with van der Waals surface area (Å²) in [4.78, 5) is 16.9. The van der Waals surface area contributed by atoms with Crippen LogP contribution in [0.5, 0.6) is 0 Å². The number of rotatable bonds is 5. The lowest BCUT2D eigenvalue weighted by atomic mass is 9.98. The first-order valence-electron chi connectivity index (χ1n) is 10.3. The van der Waals surface area contributed by atoms with Crippen LogP contribution in [-0.2, 0) is 0 Å². The van der Waals surface area contributed by atoms with Gasteiger partial charge in [-0.3, -0.25) is 4.79 Å². The number of imidazole rings is 1. The number of hydrogen-bond donors (Lipinski definition) is 1. The molecule has 7 heteroatoms. The van der Waals surface area contributed by atoms with E-state index in [1.54, 1.807) is 30.6 Å². The molecule has 2 fully saturated rings. The van der Waals surface area contributed by atoms with Crippen LogP contribution in [0.15, 0.2) is 42.7 Å². The molecule has 1 aromatic heterocycles. The minimum absolute atomic E-state index is 0.0935. The van der Waals surface area contributed by atoms with E-state index in [4.69, 9.17) is 11.6 Å². The number of hydrogen-bond acceptors (Lipinski definition) is 2. The number of nitrogens with one attached hydrogen (secondary N) is 1. The standard InChI is InChI=1S/C23H22ClF2N3O/c1-2-19(28-23(30)12-4-3-5-13(24)6-12)22-15-7-14(8-16(15)22)29-11-27-20-9-17(25)18(26)10-21(20)29/h3-6,9-11,14-16,19,22H,2,7-8H2,1H3,(H,28,30)/t14-,15-,16+,19-,22+/m1/s1. The van der Waals surface area contributed by atoms with Crippen molar-refractivity contribution in [3.8, 4) is 0 Å². The Labute approximate surface area is 178 Å². The number of benzene rings is 2. The van der Waals surface area contributed by atoms with Gasteiger partial charge in [0.05, 0.1) is 17.4 Å². The zero-order valence-corrected chi connectivity index (χ0v) is 17.2. The lowest BCUT2D eigenvalue weighted by Gasteiger charge is -2.22. The number of carbonyl (C=O) groups is 1. The summed E-state index contributed by atoms with van der Waals surface area (Å²) in [5.74, 6) is -0.296. The molecule has 1 amide bonds. The Morgan fingerprint density at radius 2 is 1.97 bits per heavy atom. The first-order chi connectivity index (χ1) is 14.5. The summed E-state index contributed by atoms with van der Waals surface area (Å²) in [6.07, 6.45) is 4.48. The van der Waals surface area contributed by atoms with Gasteiger partial charge in [0.15, 0.2) is 11.6 Å². The molecule has 5 atom stereocenters. The molecular formula is C23H22ClF2N3O. The van der Waals surface area contributed by atoms with E-state index in [-0.39, 0.29) is 18.0 Å². The third-order valence-electron chi connectivity index (χ3n) is 6.80. The van der Waals surface area contributed by atoms with Crippen LogP contribution in [0.4, 0.5) is 8.78 Å². The number of nitrogens with zero attached hydrogens (tertiary/aromatic N) is 2. The Morgan fingerprint density at radius 3 is 2.67 bits per heavy atom. The molecule has 0 saturated heterocycles. The van der Waals surface area contributed by atoms with Gasteiger partial charge in [-0.05, 0) is 55.2 Å². The molecule has 3 aromatic rings. The molecule has 0 spiro atoms. The molecular weight excluding hydrogens is 408 g/mol. The molecule has 0 unspecified atom stereocenters. The number of halogens is 3. The first-order valence-corrected chi connectivity index (χ1v) is 10.7. The predicted molar refractivity (Wildman–Crippen MR) is 111 cm³/mol. The first kappa shape index (κ1) is 19.5. The van der Waals surface area contributed by atoms with Crippen molar-refractivity contribution in [2.45, 2.75) is 38.3 Å². The van der Waals surface area contributed by atoms with Crippen LogP contribution in [0.25, 0.3) is 11.0 Å². The number of carbonyl (C=O) groups excluding carboxylic acids is 1. The Hall–Kier alpha value is -2.47. The Morgan fingerprint density at radius 1 is 1.23 bits per heavy atom. The highest BCUT2D eigenvalue weighted by molar-refractivity contribution is 6.30. The van der Waals surface area contributed by atoms with Gasteiger partial charge in [-0.1, -0.05) is 24.6 Å². The average molecular weight is 430 g/mol. The fourth-order valence-electron chi connectivity index (χ4n) is 5.35. The fourth-order valence-corrected chi connectivity index (χ4v) is 5.54. The quantitative estimate of drug-likeness (QED) is 0.592. The topological polar surface area (TPSA) is 46.9 Å². The summed E-state index contributed by atoms with van der Waals surface area (Å²) in [5, 5.41) is 3.73. The second kappa shape index (κ2) is 7.34. The Bertz CT molecular complexity index is 1120. The van der Waals surface area contributed by atoms with E-state index in [9.17, 15) is 13.6 Å². The normalized spacial score (nSPS) is 25.9. The molecule has 0 radical (unpaired) electrons. The molecule has 5 rings (SSSR count). The van der Waals surface area contributed by atoms with Crippen LogP contribution in [0.2, 0.25) is 5.02 Å². The maximum atomic E-state index is 13.7. The van der Waals surface area contributed by atoms with Crippen LogP contribution in [0, 0.1) is 29.4 Å². The van der Waals surface area contributed by atoms with Crippen molar-refractivity contribution in [1.29, 1.82) is 0 Å². The van der Waals surface area contributed by atoms with E-state index in [1.807, 2.05) is 4.57 Å². The predicted octanol–water partition coefficient (Wildman–Crippen LogP) is 5.37. The van der Waals surface area contributed by atoms with Gasteiger partial charge in [0.2, 0.25) is 0 Å². The Balaban J connectivity index is 1.27. The summed E-state index contributed by atoms with van der Waals surface area (Å²) in [5.41, 5.74) is 1.69. The van der Waals surface area contributed by atoms with Crippen molar-refractivity contribution in [3.63, 3.8) is 0 Å². The molecule has 2 aliphatic carbocycles. The molecule has 2 aliphatic rings. The van der Waals surface area contributed by atoms with Crippen LogP contribution in [-0.4, -0.2) is 21.5 Å². The monoisotopic (exact) mass is 429 g/mol. The summed E-state index contributed by atoms with van der Waals surface area (Å²) < 4.78 is 29.2. The largest absolute Gasteiger partial charge is 0.349 e. The average Bonchev–Trinajstić information content (AvgIpc) is 3.03. The highest BCUT2D eigenvalue weighted by atomic mass is 35.5. The summed E-state index contributed by atoms with van der Waals surface area (Å²) in [6.45, 7) is 2.09. The van der Waals surface area contributed by atoms with E-state index >= 15 is 0 Å². The van der Waals surface area contributed by atoms with Crippen LogP contribution >= 0.6 is 11.6 Å². The van der Waals surface area contributed by atoms with Gasteiger partial charge in [0.1, 0.15) is 0 Å². The van der Waals surface area contributed by atoms with E-state index in [0.717, 1.165) is 25.3 Å². The molecule has 1 N–H and O–H groups in total. The lowest BCUT2D eigenvalue weighted by Crippen LogP contribution is -2.37. The van der Waals surface area contributed by atoms with Crippen molar-refractivity contribution in [2.75, 3.05) is 0 Å². The van der Waals surface area contributed by atoms with E-state index in [2.05, 4.69) is 17.2 Å². The summed E-state index contributed by atoms with van der Waals surface area (Å²) >= 11 is 6.01. The lowest BCUT2D eigenvalue weighted by molar-refractivity contribution is 0.0927. The second-order valence-corrected chi connectivity index (χ2v) is 8.87. The fraction of sp³-hybridized carbons (Fsp3) is 0.391. The van der Waals surface area contributed by atoms with Crippen molar-refractivity contribution >= 4 is 28.5 Å². The third kappa shape index (κ3) is 3.27. The second-order valence-electron chi connectivity index (χ2n) is 8.44. The maximum Gasteiger partial charge on any atom is 0.251 e. The van der Waals surface area contributed by atoms with E-state index in [0.29, 0.717) is 39.4 Å². The summed E-state index contributed by atoms with van der Waals surface area (Å²) in [7, 11) is 0. The molecule has 0 aliphatic heterocycles. The molecule has 156 valence electrons. The van der Waals surface area contributed by atoms with Gasteiger partial charge in [-0.2, -0.15) is 0 Å². The third-order valence-corrected chi connectivity index (χ3v) is 7.04. The van der Waals surface area contributed by atoms with Gasteiger partial charge in [-0.15, -0.1) is 0 Å². The molecule has 0 bridgehead atoms. The summed E-state index contributed by atoms with van der Waals surface area (Å²) in [6, 6.07) is 9.71. The van der Waals surface area contributed by atoms with Crippen molar-refractivity contribution in [2.24, 2.45) is 17.8 Å². The van der Waals surface area contributed by atoms with E-state index < -0.39 is 11.6 Å². The van der Waals surface area contributed by atoms with Crippen molar-refractivity contribution in [3.05, 3.63) is 64.9 Å². The molecule has 1 heterocycles. The van der Waals surface area contributed by atoms with Crippen molar-refractivity contribution in [1.82, 2.24) is 14.9 Å². The van der Waals surface area contributed by atoms with Gasteiger partial charge in [0, 0.05) is 34.8 Å². The van der Waals surface area contributed by atoms with Crippen LogP contribution in [0.1, 0.15) is 42.6 Å². The van der Waals surface area contributed by atoms with Gasteiger partial charge >= 0.3 is 0 Å². The highest BCUT2D eigenvalue weighted by Crippen LogP contribution is 2.62. The van der Waals surface area contributed by atoms with Crippen LogP contribution in [0.3, 0.4) is 0 Å². The SMILES string of the molecule is CC[C@@H](NC(=O)c1cccc(Cl)c1)[C@H]1[C@@H]2C[C@@H](n3cnc4cc(F)c(F)cc43)C[C@@H]21. The number of aromatic nitrogens is 2. The highest BCUT2D eigenvalue weighted by Gasteiger charge is 2.59. The molecule has 30 heavy (non-hydrogen) atoms. The van der Waals surface area contributed by atoms with Gasteiger partial charge in [0.25, 0.3) is 5.91 Å². The number of amides is 1. The molecule has 2 saturated carbocycles. The molecule has 2 aromatic carbocycles. The Kier molecular flexibility index (Phi) is 4.77. The minimum Gasteiger partial charge on any atom is -0.349 e. The van der Waals surface area contributed by atoms with Crippen LogP contribution < -0.4 is 5.32 Å². The number of fused-ring (bicyclic) bond motifs is 2. The van der Waals surface area contributed by atoms with Gasteiger partial charge < -0.3 is 9.88 Å². The zero-order valence-electron chi connectivity index (χ0n) is 16.5. The smallest absolute Gasteiger partial charge is 0.251 e. The van der Waals surface area contributed by atoms with E-state index in [1.165, 1.54) is 6.07 Å². The molecule has 4 nitrogen and oxygen atoms in total.